The first kappa shape index (κ1) is 14.9. The third kappa shape index (κ3) is 4.24. The van der Waals surface area contributed by atoms with E-state index in [-0.39, 0.29) is 0 Å². The van der Waals surface area contributed by atoms with E-state index in [0.717, 1.165) is 16.9 Å². The first-order chi connectivity index (χ1) is 10.1. The number of benzene rings is 2. The van der Waals surface area contributed by atoms with Crippen LogP contribution >= 0.6 is 0 Å². The van der Waals surface area contributed by atoms with E-state index in [1.807, 2.05) is 26.0 Å². The van der Waals surface area contributed by atoms with Crippen LogP contribution < -0.4 is 15.2 Å². The van der Waals surface area contributed by atoms with Crippen molar-refractivity contribution in [1.29, 1.82) is 0 Å². The standard InChI is InChI=1S/C17H19NO3/c1-12-9-13(2)11-14(10-12)20-7-8-21-16-6-4-3-5-15(16)17(18)19/h3-6,9-11H,7-8H2,1-2H3,(H2,18,19). The monoisotopic (exact) mass is 285 g/mol. The molecule has 0 radical (unpaired) electrons. The highest BCUT2D eigenvalue weighted by Crippen LogP contribution is 2.18. The summed E-state index contributed by atoms with van der Waals surface area (Å²) in [5.74, 6) is 0.800. The number of carbonyl (C=O) groups excluding carboxylic acids is 1. The summed E-state index contributed by atoms with van der Waals surface area (Å²) < 4.78 is 11.2. The van der Waals surface area contributed by atoms with Gasteiger partial charge in [0.2, 0.25) is 0 Å². The molecule has 4 heteroatoms. The van der Waals surface area contributed by atoms with Crippen molar-refractivity contribution in [2.24, 2.45) is 5.73 Å². The number of carbonyl (C=O) groups is 1. The Morgan fingerprint density at radius 2 is 1.62 bits per heavy atom. The van der Waals surface area contributed by atoms with E-state index in [0.29, 0.717) is 24.5 Å². The fourth-order valence-electron chi connectivity index (χ4n) is 2.12. The maximum atomic E-state index is 11.3. The summed E-state index contributed by atoms with van der Waals surface area (Å²) in [5.41, 5.74) is 7.99. The second kappa shape index (κ2) is 6.79. The second-order valence-electron chi connectivity index (χ2n) is 4.88. The lowest BCUT2D eigenvalue weighted by molar-refractivity contribution is 0.0995. The molecule has 0 atom stereocenters. The molecule has 4 nitrogen and oxygen atoms in total. The molecule has 2 rings (SSSR count). The van der Waals surface area contributed by atoms with E-state index in [2.05, 4.69) is 6.07 Å². The molecule has 1 amide bonds. The Morgan fingerprint density at radius 3 is 2.29 bits per heavy atom. The SMILES string of the molecule is Cc1cc(C)cc(OCCOc2ccccc2C(N)=O)c1. The molecule has 0 aliphatic rings. The van der Waals surface area contributed by atoms with E-state index in [9.17, 15) is 4.79 Å². The molecule has 0 aliphatic carbocycles. The number of aryl methyl sites for hydroxylation is 2. The van der Waals surface area contributed by atoms with Gasteiger partial charge in [0.15, 0.2) is 0 Å². The highest BCUT2D eigenvalue weighted by molar-refractivity contribution is 5.95. The van der Waals surface area contributed by atoms with Gasteiger partial charge in [-0.3, -0.25) is 4.79 Å². The van der Waals surface area contributed by atoms with Gasteiger partial charge in [-0.2, -0.15) is 0 Å². The van der Waals surface area contributed by atoms with Crippen molar-refractivity contribution >= 4 is 5.91 Å². The summed E-state index contributed by atoms with van der Waals surface area (Å²) in [6.07, 6.45) is 0. The predicted molar refractivity (Wildman–Crippen MR) is 81.9 cm³/mol. The van der Waals surface area contributed by atoms with Gasteiger partial charge in [0, 0.05) is 0 Å². The molecule has 0 spiro atoms. The normalized spacial score (nSPS) is 10.2. The number of rotatable bonds is 6. The molecular formula is C17H19NO3. The van der Waals surface area contributed by atoms with Gasteiger partial charge in [-0.25, -0.2) is 0 Å². The van der Waals surface area contributed by atoms with Crippen LogP contribution in [-0.4, -0.2) is 19.1 Å². The van der Waals surface area contributed by atoms with Gasteiger partial charge in [-0.05, 0) is 49.2 Å². The van der Waals surface area contributed by atoms with Gasteiger partial charge in [0.25, 0.3) is 5.91 Å². The average Bonchev–Trinajstić information content (AvgIpc) is 2.43. The van der Waals surface area contributed by atoms with Gasteiger partial charge in [-0.15, -0.1) is 0 Å². The van der Waals surface area contributed by atoms with E-state index < -0.39 is 5.91 Å². The van der Waals surface area contributed by atoms with Gasteiger partial charge >= 0.3 is 0 Å². The molecule has 0 aliphatic heterocycles. The van der Waals surface area contributed by atoms with E-state index in [1.54, 1.807) is 24.3 Å². The molecule has 0 bridgehead atoms. The molecule has 21 heavy (non-hydrogen) atoms. The zero-order valence-corrected chi connectivity index (χ0v) is 12.3. The number of ether oxygens (including phenoxy) is 2. The molecule has 0 saturated carbocycles. The Balaban J connectivity index is 1.89. The predicted octanol–water partition coefficient (Wildman–Crippen LogP) is 2.86. The van der Waals surface area contributed by atoms with Gasteiger partial charge in [0.05, 0.1) is 5.56 Å². The van der Waals surface area contributed by atoms with Crippen LogP contribution in [0.25, 0.3) is 0 Å². The van der Waals surface area contributed by atoms with Crippen LogP contribution in [0.2, 0.25) is 0 Å². The molecule has 2 N–H and O–H groups in total. The number of primary amides is 1. The minimum atomic E-state index is -0.499. The molecule has 2 aromatic rings. The molecule has 0 aromatic heterocycles. The highest BCUT2D eigenvalue weighted by atomic mass is 16.5. The molecule has 110 valence electrons. The van der Waals surface area contributed by atoms with Crippen molar-refractivity contribution in [2.45, 2.75) is 13.8 Å². The molecule has 2 aromatic carbocycles. The van der Waals surface area contributed by atoms with Crippen molar-refractivity contribution in [3.63, 3.8) is 0 Å². The Kier molecular flexibility index (Phi) is 4.82. The molecule has 0 fully saturated rings. The first-order valence-electron chi connectivity index (χ1n) is 6.79. The fourth-order valence-corrected chi connectivity index (χ4v) is 2.12. The molecular weight excluding hydrogens is 266 g/mol. The van der Waals surface area contributed by atoms with E-state index in [4.69, 9.17) is 15.2 Å². The Bertz CT molecular complexity index is 617. The van der Waals surface area contributed by atoms with Crippen LogP contribution in [-0.2, 0) is 0 Å². The Hall–Kier alpha value is -2.49. The number of hydrogen-bond acceptors (Lipinski definition) is 3. The van der Waals surface area contributed by atoms with E-state index in [1.165, 1.54) is 0 Å². The highest BCUT2D eigenvalue weighted by Gasteiger charge is 2.07. The Labute approximate surface area is 124 Å². The number of hydrogen-bond donors (Lipinski definition) is 1. The fraction of sp³-hybridized carbons (Fsp3) is 0.235. The molecule has 0 heterocycles. The maximum absolute atomic E-state index is 11.3. The topological polar surface area (TPSA) is 61.6 Å². The van der Waals surface area contributed by atoms with Gasteiger partial charge < -0.3 is 15.2 Å². The third-order valence-electron chi connectivity index (χ3n) is 2.96. The summed E-state index contributed by atoms with van der Waals surface area (Å²) in [7, 11) is 0. The summed E-state index contributed by atoms with van der Waals surface area (Å²) in [6, 6.07) is 13.0. The molecule has 0 saturated heterocycles. The van der Waals surface area contributed by atoms with Crippen molar-refractivity contribution in [2.75, 3.05) is 13.2 Å². The van der Waals surface area contributed by atoms with Crippen LogP contribution in [0.15, 0.2) is 42.5 Å². The zero-order valence-electron chi connectivity index (χ0n) is 12.3. The second-order valence-corrected chi connectivity index (χ2v) is 4.88. The van der Waals surface area contributed by atoms with Crippen LogP contribution in [0.3, 0.4) is 0 Å². The first-order valence-corrected chi connectivity index (χ1v) is 6.79. The van der Waals surface area contributed by atoms with Crippen molar-refractivity contribution in [1.82, 2.24) is 0 Å². The summed E-state index contributed by atoms with van der Waals surface area (Å²) in [6.45, 7) is 4.80. The van der Waals surface area contributed by atoms with Crippen LogP contribution in [0.5, 0.6) is 11.5 Å². The van der Waals surface area contributed by atoms with Crippen LogP contribution in [0, 0.1) is 13.8 Å². The Morgan fingerprint density at radius 1 is 1.00 bits per heavy atom. The van der Waals surface area contributed by atoms with Crippen molar-refractivity contribution in [3.8, 4) is 11.5 Å². The zero-order chi connectivity index (χ0) is 15.2. The van der Waals surface area contributed by atoms with Gasteiger partial charge in [0.1, 0.15) is 24.7 Å². The third-order valence-corrected chi connectivity index (χ3v) is 2.96. The van der Waals surface area contributed by atoms with E-state index >= 15 is 0 Å². The summed E-state index contributed by atoms with van der Waals surface area (Å²) in [4.78, 5) is 11.3. The smallest absolute Gasteiger partial charge is 0.252 e. The number of para-hydroxylation sites is 1. The summed E-state index contributed by atoms with van der Waals surface area (Å²) >= 11 is 0. The minimum Gasteiger partial charge on any atom is -0.490 e. The lowest BCUT2D eigenvalue weighted by atomic mass is 10.1. The lowest BCUT2D eigenvalue weighted by Gasteiger charge is -2.11. The molecule has 0 unspecified atom stereocenters. The van der Waals surface area contributed by atoms with Crippen LogP contribution in [0.1, 0.15) is 21.5 Å². The number of amides is 1. The lowest BCUT2D eigenvalue weighted by Crippen LogP contribution is -2.15. The number of nitrogens with two attached hydrogens (primary N) is 1. The average molecular weight is 285 g/mol. The quantitative estimate of drug-likeness (QED) is 0.830. The summed E-state index contributed by atoms with van der Waals surface area (Å²) in [5, 5.41) is 0. The van der Waals surface area contributed by atoms with Crippen molar-refractivity contribution < 1.29 is 14.3 Å². The van der Waals surface area contributed by atoms with Crippen LogP contribution in [0.4, 0.5) is 0 Å². The maximum Gasteiger partial charge on any atom is 0.252 e. The minimum absolute atomic E-state index is 0.345. The van der Waals surface area contributed by atoms with Gasteiger partial charge in [-0.1, -0.05) is 18.2 Å². The van der Waals surface area contributed by atoms with Crippen molar-refractivity contribution in [3.05, 3.63) is 59.2 Å². The largest absolute Gasteiger partial charge is 0.490 e.